The van der Waals surface area contributed by atoms with Crippen LogP contribution in [0.4, 0.5) is 17.2 Å². The van der Waals surface area contributed by atoms with Gasteiger partial charge < -0.3 is 15.0 Å². The molecule has 130 valence electrons. The molecule has 0 bridgehead atoms. The van der Waals surface area contributed by atoms with Crippen molar-refractivity contribution >= 4 is 23.1 Å². The predicted octanol–water partition coefficient (Wildman–Crippen LogP) is 2.85. The monoisotopic (exact) mass is 342 g/mol. The van der Waals surface area contributed by atoms with Crippen LogP contribution in [0.3, 0.4) is 0 Å². The number of rotatable bonds is 5. The first kappa shape index (κ1) is 16.7. The van der Waals surface area contributed by atoms with E-state index < -0.39 is 4.92 Å². The average Bonchev–Trinajstić information content (AvgIpc) is 3.16. The summed E-state index contributed by atoms with van der Waals surface area (Å²) in [7, 11) is 1.44. The zero-order chi connectivity index (χ0) is 17.8. The summed E-state index contributed by atoms with van der Waals surface area (Å²) in [6.45, 7) is 1.72. The molecule has 25 heavy (non-hydrogen) atoms. The number of nitrogens with zero attached hydrogens (tertiary/aromatic N) is 3. The number of anilines is 2. The van der Waals surface area contributed by atoms with Gasteiger partial charge in [-0.15, -0.1) is 0 Å². The molecular formula is C17H18N4O4. The molecule has 8 nitrogen and oxygen atoms in total. The van der Waals surface area contributed by atoms with E-state index in [1.165, 1.54) is 25.3 Å². The number of nitrogens with one attached hydrogen (secondary N) is 1. The first-order valence-corrected chi connectivity index (χ1v) is 7.94. The molecule has 1 amide bonds. The number of pyridine rings is 1. The molecule has 2 heterocycles. The van der Waals surface area contributed by atoms with E-state index in [1.807, 2.05) is 0 Å². The minimum atomic E-state index is -0.519. The van der Waals surface area contributed by atoms with E-state index >= 15 is 0 Å². The second kappa shape index (κ2) is 7.16. The number of hydrogen-bond acceptors (Lipinski definition) is 6. The van der Waals surface area contributed by atoms with E-state index in [2.05, 4.69) is 15.2 Å². The van der Waals surface area contributed by atoms with Crippen molar-refractivity contribution in [2.24, 2.45) is 0 Å². The lowest BCUT2D eigenvalue weighted by molar-refractivity contribution is -0.384. The topological polar surface area (TPSA) is 97.6 Å². The number of carbonyl (C=O) groups excluding carboxylic acids is 1. The minimum Gasteiger partial charge on any atom is -0.495 e. The van der Waals surface area contributed by atoms with E-state index in [0.29, 0.717) is 17.1 Å². The van der Waals surface area contributed by atoms with Gasteiger partial charge in [0, 0.05) is 31.4 Å². The molecule has 1 fully saturated rings. The van der Waals surface area contributed by atoms with Crippen LogP contribution in [0.2, 0.25) is 0 Å². The van der Waals surface area contributed by atoms with E-state index in [4.69, 9.17) is 4.74 Å². The Kier molecular flexibility index (Phi) is 4.78. The summed E-state index contributed by atoms with van der Waals surface area (Å²) in [5, 5.41) is 13.7. The standard InChI is InChI=1S/C17H18N4O4/c1-25-15-7-6-12(21(23)24)11-14(15)19-17(22)13-5-4-8-18-16(13)20-9-2-3-10-20/h4-8,11H,2-3,9-10H2,1H3,(H,19,22). The van der Waals surface area contributed by atoms with Crippen LogP contribution in [0.1, 0.15) is 23.2 Å². The maximum Gasteiger partial charge on any atom is 0.271 e. The maximum absolute atomic E-state index is 12.7. The molecule has 0 saturated carbocycles. The zero-order valence-corrected chi connectivity index (χ0v) is 13.8. The molecule has 1 aliphatic rings. The van der Waals surface area contributed by atoms with Crippen LogP contribution in [0, 0.1) is 10.1 Å². The highest BCUT2D eigenvalue weighted by atomic mass is 16.6. The first-order valence-electron chi connectivity index (χ1n) is 7.94. The molecule has 0 atom stereocenters. The van der Waals surface area contributed by atoms with E-state index in [-0.39, 0.29) is 17.3 Å². The number of nitro benzene ring substituents is 1. The molecule has 8 heteroatoms. The Balaban J connectivity index is 1.90. The number of benzene rings is 1. The molecule has 0 radical (unpaired) electrons. The fourth-order valence-corrected chi connectivity index (χ4v) is 2.85. The van der Waals surface area contributed by atoms with Gasteiger partial charge in [-0.2, -0.15) is 0 Å². The lowest BCUT2D eigenvalue weighted by Gasteiger charge is -2.19. The van der Waals surface area contributed by atoms with Gasteiger partial charge in [0.1, 0.15) is 11.6 Å². The summed E-state index contributed by atoms with van der Waals surface area (Å²) < 4.78 is 5.18. The van der Waals surface area contributed by atoms with Crippen LogP contribution in [0.25, 0.3) is 0 Å². The van der Waals surface area contributed by atoms with Gasteiger partial charge in [0.2, 0.25) is 0 Å². The molecule has 1 aliphatic heterocycles. The maximum atomic E-state index is 12.7. The smallest absolute Gasteiger partial charge is 0.271 e. The van der Waals surface area contributed by atoms with E-state index in [9.17, 15) is 14.9 Å². The van der Waals surface area contributed by atoms with Gasteiger partial charge in [0.05, 0.1) is 23.3 Å². The third kappa shape index (κ3) is 3.52. The highest BCUT2D eigenvalue weighted by molar-refractivity contribution is 6.08. The van der Waals surface area contributed by atoms with Crippen molar-refractivity contribution in [3.63, 3.8) is 0 Å². The van der Waals surface area contributed by atoms with Crippen LogP contribution >= 0.6 is 0 Å². The highest BCUT2D eigenvalue weighted by Crippen LogP contribution is 2.30. The van der Waals surface area contributed by atoms with E-state index in [0.717, 1.165) is 25.9 Å². The molecule has 1 aromatic carbocycles. The minimum absolute atomic E-state index is 0.123. The summed E-state index contributed by atoms with van der Waals surface area (Å²) in [6, 6.07) is 7.45. The van der Waals surface area contributed by atoms with Crippen LogP contribution in [-0.4, -0.2) is 36.0 Å². The van der Waals surface area contributed by atoms with Crippen molar-refractivity contribution < 1.29 is 14.5 Å². The van der Waals surface area contributed by atoms with Crippen LogP contribution in [0.15, 0.2) is 36.5 Å². The SMILES string of the molecule is COc1ccc([N+](=O)[O-])cc1NC(=O)c1cccnc1N1CCCC1. The van der Waals surface area contributed by atoms with Crippen molar-refractivity contribution in [1.29, 1.82) is 0 Å². The molecule has 0 spiro atoms. The normalized spacial score (nSPS) is 13.6. The van der Waals surface area contributed by atoms with Crippen LogP contribution in [0.5, 0.6) is 5.75 Å². The number of hydrogen-bond donors (Lipinski definition) is 1. The number of ether oxygens (including phenoxy) is 1. The van der Waals surface area contributed by atoms with Gasteiger partial charge >= 0.3 is 0 Å². The second-order valence-corrected chi connectivity index (χ2v) is 5.66. The van der Waals surface area contributed by atoms with Crippen LogP contribution in [-0.2, 0) is 0 Å². The summed E-state index contributed by atoms with van der Waals surface area (Å²) in [5.74, 6) is 0.598. The largest absolute Gasteiger partial charge is 0.495 e. The summed E-state index contributed by atoms with van der Waals surface area (Å²) >= 11 is 0. The Morgan fingerprint density at radius 2 is 2.08 bits per heavy atom. The molecule has 3 rings (SSSR count). The Morgan fingerprint density at radius 1 is 1.32 bits per heavy atom. The van der Waals surface area contributed by atoms with Gasteiger partial charge in [0.25, 0.3) is 11.6 Å². The lowest BCUT2D eigenvalue weighted by Crippen LogP contribution is -2.24. The van der Waals surface area contributed by atoms with E-state index in [1.54, 1.807) is 18.3 Å². The zero-order valence-electron chi connectivity index (χ0n) is 13.8. The molecule has 1 N–H and O–H groups in total. The Bertz CT molecular complexity index is 803. The van der Waals surface area contributed by atoms with Crippen LogP contribution < -0.4 is 15.0 Å². The molecular weight excluding hydrogens is 324 g/mol. The highest BCUT2D eigenvalue weighted by Gasteiger charge is 2.22. The Hall–Kier alpha value is -3.16. The number of amides is 1. The van der Waals surface area contributed by atoms with Gasteiger partial charge in [-0.3, -0.25) is 14.9 Å². The lowest BCUT2D eigenvalue weighted by atomic mass is 10.2. The number of methoxy groups -OCH3 is 1. The molecule has 1 aromatic heterocycles. The third-order valence-electron chi connectivity index (χ3n) is 4.08. The molecule has 1 saturated heterocycles. The average molecular weight is 342 g/mol. The Morgan fingerprint density at radius 3 is 2.76 bits per heavy atom. The fourth-order valence-electron chi connectivity index (χ4n) is 2.85. The Labute approximate surface area is 144 Å². The number of aromatic nitrogens is 1. The van der Waals surface area contributed by atoms with Gasteiger partial charge in [-0.1, -0.05) is 0 Å². The predicted molar refractivity (Wildman–Crippen MR) is 93.3 cm³/mol. The quantitative estimate of drug-likeness (QED) is 0.663. The number of non-ortho nitro benzene ring substituents is 1. The number of nitro groups is 1. The number of carbonyl (C=O) groups is 1. The van der Waals surface area contributed by atoms with Gasteiger partial charge in [0.15, 0.2) is 0 Å². The third-order valence-corrected chi connectivity index (χ3v) is 4.08. The summed E-state index contributed by atoms with van der Waals surface area (Å²) in [6.07, 6.45) is 3.78. The van der Waals surface area contributed by atoms with Crippen molar-refractivity contribution in [2.45, 2.75) is 12.8 Å². The summed E-state index contributed by atoms with van der Waals surface area (Å²) in [4.78, 5) is 29.6. The first-order chi connectivity index (χ1) is 12.1. The summed E-state index contributed by atoms with van der Waals surface area (Å²) in [5.41, 5.74) is 0.554. The molecule has 0 aliphatic carbocycles. The fraction of sp³-hybridized carbons (Fsp3) is 0.294. The van der Waals surface area contributed by atoms with Crippen molar-refractivity contribution in [3.8, 4) is 5.75 Å². The van der Waals surface area contributed by atoms with Gasteiger partial charge in [-0.05, 0) is 31.0 Å². The molecule has 0 unspecified atom stereocenters. The molecule has 2 aromatic rings. The second-order valence-electron chi connectivity index (χ2n) is 5.66. The van der Waals surface area contributed by atoms with Crippen molar-refractivity contribution in [1.82, 2.24) is 4.98 Å². The van der Waals surface area contributed by atoms with Crippen molar-refractivity contribution in [2.75, 3.05) is 30.4 Å². The van der Waals surface area contributed by atoms with Gasteiger partial charge in [-0.25, -0.2) is 4.98 Å². The van der Waals surface area contributed by atoms with Crippen molar-refractivity contribution in [3.05, 3.63) is 52.2 Å².